The Bertz CT molecular complexity index is 2050. The number of unbranched alkanes of at least 4 members (excludes halogenated alkanes) is 25. The zero-order valence-electron chi connectivity index (χ0n) is 55.6. The van der Waals surface area contributed by atoms with Gasteiger partial charge in [-0.2, -0.15) is 0 Å². The molecule has 4 saturated heterocycles. The molecule has 4 heterocycles. The summed E-state index contributed by atoms with van der Waals surface area (Å²) in [6, 6.07) is -2.76. The highest BCUT2D eigenvalue weighted by atomic mass is 16.8. The van der Waals surface area contributed by atoms with E-state index < -0.39 is 192 Å². The lowest BCUT2D eigenvalue weighted by Crippen LogP contribution is -2.70. The van der Waals surface area contributed by atoms with Crippen LogP contribution in [0.5, 0.6) is 0 Å². The molecule has 0 radical (unpaired) electrons. The number of amides is 2. The number of hydrogen-bond donors (Lipinski definition) is 16. The van der Waals surface area contributed by atoms with Crippen molar-refractivity contribution in [2.75, 3.05) is 33.0 Å². The van der Waals surface area contributed by atoms with Gasteiger partial charge in [0, 0.05) is 25.7 Å². The lowest BCUT2D eigenvalue weighted by molar-refractivity contribution is -0.402. The molecule has 7 unspecified atom stereocenters. The van der Waals surface area contributed by atoms with Gasteiger partial charge < -0.3 is 120 Å². The molecule has 93 heavy (non-hydrogen) atoms. The van der Waals surface area contributed by atoms with Crippen LogP contribution in [0.4, 0.5) is 0 Å². The first-order valence-electron chi connectivity index (χ1n) is 34.9. The first-order chi connectivity index (χ1) is 44.6. The third-order valence-electron chi connectivity index (χ3n) is 18.5. The highest BCUT2D eigenvalue weighted by molar-refractivity contribution is 5.76. The molecule has 4 fully saturated rings. The standard InChI is InChI=1S/C66H120N2O25/c1-5-7-9-11-13-15-17-19-20-22-24-26-28-30-32-34-50(77)68-43(44(74)33-31-29-27-25-23-21-18-16-14-12-10-8-6-2)40-86-63-56(82)55(81)59(48(38-71)88-63)90-64-57(83)61(93-66(65(84)85)35-45(75)41(3)58(92-66)52(78)46(76)36-69)60(49(39-72)89-64)91-62-51(67-42(4)73)54(80)53(79)47(37-70)87-62/h31,33,41,43-49,51-64,69-72,74-76,78-83H,5-30,32,34-40H2,1-4H3,(H,67,73)(H,68,77)(H,84,85)/b33-31+/t41-,43+,44-,45?,46-,47?,48+,49?,51?,52-,53+,54-,55?,56?,57?,58-,59-,60+,61-,62+,63-,64+,66+/m1/s1. The van der Waals surface area contributed by atoms with Crippen LogP contribution in [0.3, 0.4) is 0 Å². The summed E-state index contributed by atoms with van der Waals surface area (Å²) >= 11 is 0. The van der Waals surface area contributed by atoms with E-state index in [2.05, 4.69) is 24.5 Å². The number of carboxylic acid groups (broad SMARTS) is 1. The maximum Gasteiger partial charge on any atom is 0.364 e. The summed E-state index contributed by atoms with van der Waals surface area (Å²) in [6.07, 6.45) is -2.41. The van der Waals surface area contributed by atoms with E-state index in [1.807, 2.05) is 6.08 Å². The van der Waals surface area contributed by atoms with Gasteiger partial charge in [0.1, 0.15) is 85.4 Å². The van der Waals surface area contributed by atoms with Crippen LogP contribution in [0, 0.1) is 5.92 Å². The van der Waals surface area contributed by atoms with Crippen LogP contribution in [-0.2, 0) is 52.3 Å². The summed E-state index contributed by atoms with van der Waals surface area (Å²) in [7, 11) is 0. The summed E-state index contributed by atoms with van der Waals surface area (Å²) in [5.74, 6) is -7.37. The second-order valence-electron chi connectivity index (χ2n) is 26.1. The number of carbonyl (C=O) groups is 3. The molecule has 0 aromatic rings. The fraction of sp³-hybridized carbons (Fsp3) is 0.924. The van der Waals surface area contributed by atoms with Crippen molar-refractivity contribution < 1.29 is 124 Å². The second kappa shape index (κ2) is 45.1. The Morgan fingerprint density at radius 2 is 1.06 bits per heavy atom. The molecule has 16 N–H and O–H groups in total. The number of aliphatic hydroxyl groups is 13. The van der Waals surface area contributed by atoms with Gasteiger partial charge in [0.05, 0.1) is 57.4 Å². The van der Waals surface area contributed by atoms with Crippen LogP contribution in [0.1, 0.15) is 214 Å². The lowest BCUT2D eigenvalue weighted by Gasteiger charge is -2.52. The van der Waals surface area contributed by atoms with Gasteiger partial charge in [0.15, 0.2) is 18.9 Å². The fourth-order valence-electron chi connectivity index (χ4n) is 12.6. The zero-order chi connectivity index (χ0) is 68.5. The fourth-order valence-corrected chi connectivity index (χ4v) is 12.6. The molecule has 0 aromatic carbocycles. The van der Waals surface area contributed by atoms with Crippen molar-refractivity contribution in [2.24, 2.45) is 5.92 Å². The van der Waals surface area contributed by atoms with E-state index in [4.69, 9.17) is 37.9 Å². The number of hydrogen-bond acceptors (Lipinski definition) is 24. The van der Waals surface area contributed by atoms with Crippen LogP contribution < -0.4 is 10.6 Å². The van der Waals surface area contributed by atoms with E-state index >= 15 is 0 Å². The molecule has 23 atom stereocenters. The zero-order valence-corrected chi connectivity index (χ0v) is 55.6. The molecule has 0 aromatic heterocycles. The number of carbonyl (C=O) groups excluding carboxylic acids is 2. The number of carboxylic acids is 1. The summed E-state index contributed by atoms with van der Waals surface area (Å²) in [6.45, 7) is 2.33. The van der Waals surface area contributed by atoms with E-state index in [-0.39, 0.29) is 12.3 Å². The van der Waals surface area contributed by atoms with Crippen LogP contribution in [0.2, 0.25) is 0 Å². The molecular weight excluding hydrogens is 1220 g/mol. The molecule has 0 bridgehead atoms. The van der Waals surface area contributed by atoms with Crippen LogP contribution in [0.25, 0.3) is 0 Å². The second-order valence-corrected chi connectivity index (χ2v) is 26.1. The summed E-state index contributed by atoms with van der Waals surface area (Å²) < 4.78 is 47.9. The minimum absolute atomic E-state index is 0.176. The molecule has 4 rings (SSSR count). The topological polar surface area (TPSA) is 432 Å². The summed E-state index contributed by atoms with van der Waals surface area (Å²) in [4.78, 5) is 39.4. The molecule has 2 amide bonds. The van der Waals surface area contributed by atoms with E-state index in [9.17, 15) is 85.9 Å². The number of rotatable bonds is 48. The highest BCUT2D eigenvalue weighted by Gasteiger charge is 2.61. The number of aliphatic carboxylic acids is 1. The average Bonchev–Trinajstić information content (AvgIpc) is 0.767. The minimum atomic E-state index is -3.11. The van der Waals surface area contributed by atoms with Gasteiger partial charge in [0.2, 0.25) is 11.8 Å². The summed E-state index contributed by atoms with van der Waals surface area (Å²) in [5.41, 5.74) is 0. The first kappa shape index (κ1) is 82.7. The Morgan fingerprint density at radius 3 is 1.57 bits per heavy atom. The molecule has 4 aliphatic rings. The Balaban J connectivity index is 1.51. The molecule has 0 saturated carbocycles. The van der Waals surface area contributed by atoms with Gasteiger partial charge in [-0.3, -0.25) is 9.59 Å². The van der Waals surface area contributed by atoms with Gasteiger partial charge in [-0.15, -0.1) is 0 Å². The van der Waals surface area contributed by atoms with Crippen molar-refractivity contribution >= 4 is 17.8 Å². The number of allylic oxidation sites excluding steroid dienone is 1. The van der Waals surface area contributed by atoms with Crippen molar-refractivity contribution in [1.82, 2.24) is 10.6 Å². The van der Waals surface area contributed by atoms with Crippen molar-refractivity contribution in [3.63, 3.8) is 0 Å². The van der Waals surface area contributed by atoms with Gasteiger partial charge >= 0.3 is 5.97 Å². The predicted octanol–water partition coefficient (Wildman–Crippen LogP) is 2.26. The third kappa shape index (κ3) is 26.8. The molecule has 27 nitrogen and oxygen atoms in total. The van der Waals surface area contributed by atoms with Gasteiger partial charge in [-0.1, -0.05) is 187 Å². The van der Waals surface area contributed by atoms with Crippen molar-refractivity contribution in [3.05, 3.63) is 12.2 Å². The minimum Gasteiger partial charge on any atom is -0.477 e. The van der Waals surface area contributed by atoms with E-state index in [1.54, 1.807) is 6.08 Å². The number of ether oxygens (including phenoxy) is 8. The average molecular weight is 1340 g/mol. The van der Waals surface area contributed by atoms with Crippen molar-refractivity contribution in [1.29, 1.82) is 0 Å². The smallest absolute Gasteiger partial charge is 0.364 e. The largest absolute Gasteiger partial charge is 0.477 e. The van der Waals surface area contributed by atoms with Crippen molar-refractivity contribution in [3.8, 4) is 0 Å². The van der Waals surface area contributed by atoms with Crippen molar-refractivity contribution in [2.45, 2.75) is 348 Å². The van der Waals surface area contributed by atoms with E-state index in [0.717, 1.165) is 58.3 Å². The highest BCUT2D eigenvalue weighted by Crippen LogP contribution is 2.42. The Hall–Kier alpha value is -2.69. The quantitative estimate of drug-likeness (QED) is 0.0307. The lowest BCUT2D eigenvalue weighted by atomic mass is 9.84. The molecule has 27 heteroatoms. The van der Waals surface area contributed by atoms with Crippen LogP contribution >= 0.6 is 0 Å². The maximum atomic E-state index is 13.5. The van der Waals surface area contributed by atoms with E-state index in [1.165, 1.54) is 116 Å². The molecule has 544 valence electrons. The number of aliphatic hydroxyl groups excluding tert-OH is 13. The first-order valence-corrected chi connectivity index (χ1v) is 34.9. The predicted molar refractivity (Wildman–Crippen MR) is 337 cm³/mol. The Morgan fingerprint density at radius 1 is 0.581 bits per heavy atom. The monoisotopic (exact) mass is 1340 g/mol. The van der Waals surface area contributed by atoms with Gasteiger partial charge in [-0.25, -0.2) is 4.79 Å². The summed E-state index contributed by atoms with van der Waals surface area (Å²) in [5, 5.41) is 160. The van der Waals surface area contributed by atoms with Gasteiger partial charge in [0.25, 0.3) is 5.79 Å². The van der Waals surface area contributed by atoms with E-state index in [0.29, 0.717) is 12.8 Å². The molecule has 0 spiro atoms. The maximum absolute atomic E-state index is 13.5. The van der Waals surface area contributed by atoms with Gasteiger partial charge in [-0.05, 0) is 19.3 Å². The SMILES string of the molecule is CCCCCCCCCCCCC/C=C/[C@@H](O)[C@H](CO[C@@H]1O[C@@H](CO)[C@@H](O[C@@H]2OC(CO)[C@H](O[C@@H]3OC(CO)[C@H](O)[C@H](O)C3NC(C)=O)[C@H](O[C@]3(C(=O)O)CC(O)[C@@H](C)[C@H]([C@H](O)[C@H](O)CO)O3)C2O)C(O)C1O)NC(=O)CCCCCCCCCCCCCCCCC. The molecule has 0 aliphatic carbocycles. The Kier molecular flexibility index (Phi) is 40.1. The third-order valence-corrected chi connectivity index (χ3v) is 18.5. The number of nitrogens with one attached hydrogen (secondary N) is 2. The normalized spacial score (nSPS) is 33.1. The Labute approximate surface area is 549 Å². The van der Waals surface area contributed by atoms with Crippen LogP contribution in [0.15, 0.2) is 12.2 Å². The molecule has 4 aliphatic heterocycles. The molecular formula is C66H120N2O25. The van der Waals surface area contributed by atoms with Crippen LogP contribution in [-0.4, -0.2) is 257 Å².